The molecule has 3 heterocycles. The highest BCUT2D eigenvalue weighted by Crippen LogP contribution is 2.43. The molecule has 144 valence electrons. The Morgan fingerprint density at radius 2 is 1.79 bits per heavy atom. The van der Waals surface area contributed by atoms with Crippen molar-refractivity contribution in [1.82, 2.24) is 4.98 Å². The fourth-order valence-corrected chi connectivity index (χ4v) is 4.70. The number of carbonyl (C=O) groups is 1. The van der Waals surface area contributed by atoms with Gasteiger partial charge in [-0.2, -0.15) is 0 Å². The molecule has 1 aliphatic rings. The van der Waals surface area contributed by atoms with E-state index in [1.807, 2.05) is 26.0 Å². The van der Waals surface area contributed by atoms with Gasteiger partial charge in [-0.05, 0) is 43.7 Å². The smallest absolute Gasteiger partial charge is 0.297 e. The first-order chi connectivity index (χ1) is 14.0. The van der Waals surface area contributed by atoms with Crippen LogP contribution in [0, 0.1) is 13.8 Å². The molecule has 2 aromatic carbocycles. The molecule has 4 aromatic rings. The first-order valence-corrected chi connectivity index (χ1v) is 10.2. The van der Waals surface area contributed by atoms with Crippen molar-refractivity contribution in [1.29, 1.82) is 0 Å². The van der Waals surface area contributed by atoms with E-state index in [9.17, 15) is 9.59 Å². The fraction of sp³-hybridized carbons (Fsp3) is 0.136. The normalized spacial score (nSPS) is 15.9. The number of amides is 1. The number of benzene rings is 2. The molecule has 29 heavy (non-hydrogen) atoms. The summed E-state index contributed by atoms with van der Waals surface area (Å²) in [6.07, 6.45) is 0. The average Bonchev–Trinajstić information content (AvgIpc) is 3.19. The summed E-state index contributed by atoms with van der Waals surface area (Å²) >= 11 is 7.48. The summed E-state index contributed by atoms with van der Waals surface area (Å²) in [6.45, 7) is 3.86. The van der Waals surface area contributed by atoms with E-state index in [0.29, 0.717) is 26.7 Å². The number of halogens is 1. The van der Waals surface area contributed by atoms with E-state index in [1.54, 1.807) is 41.3 Å². The van der Waals surface area contributed by atoms with Crippen molar-refractivity contribution in [3.05, 3.63) is 91.2 Å². The summed E-state index contributed by atoms with van der Waals surface area (Å²) < 4.78 is 5.92. The predicted octanol–water partition coefficient (Wildman–Crippen LogP) is 5.27. The highest BCUT2D eigenvalue weighted by atomic mass is 35.5. The van der Waals surface area contributed by atoms with Crippen molar-refractivity contribution in [2.75, 3.05) is 4.90 Å². The van der Waals surface area contributed by atoms with Crippen LogP contribution in [0.15, 0.2) is 57.7 Å². The third-order valence-corrected chi connectivity index (χ3v) is 6.51. The highest BCUT2D eigenvalue weighted by Gasteiger charge is 2.44. The van der Waals surface area contributed by atoms with Crippen LogP contribution in [0.3, 0.4) is 0 Å². The first-order valence-electron chi connectivity index (χ1n) is 9.04. The zero-order valence-electron chi connectivity index (χ0n) is 15.6. The van der Waals surface area contributed by atoms with Crippen LogP contribution in [0.25, 0.3) is 11.0 Å². The van der Waals surface area contributed by atoms with Gasteiger partial charge in [-0.25, -0.2) is 4.98 Å². The van der Waals surface area contributed by atoms with Gasteiger partial charge in [-0.15, -0.1) is 11.3 Å². The lowest BCUT2D eigenvalue weighted by Gasteiger charge is -2.22. The van der Waals surface area contributed by atoms with Crippen LogP contribution >= 0.6 is 22.9 Å². The molecule has 0 bridgehead atoms. The minimum atomic E-state index is -0.624. The lowest BCUT2D eigenvalue weighted by Crippen LogP contribution is -2.29. The molecule has 5 rings (SSSR count). The van der Waals surface area contributed by atoms with Gasteiger partial charge in [-0.1, -0.05) is 35.9 Å². The number of thiazole rings is 1. The number of hydrogen-bond acceptors (Lipinski definition) is 5. The Morgan fingerprint density at radius 3 is 2.48 bits per heavy atom. The van der Waals surface area contributed by atoms with Gasteiger partial charge in [0.05, 0.1) is 22.7 Å². The van der Waals surface area contributed by atoms with Gasteiger partial charge in [0.2, 0.25) is 5.76 Å². The van der Waals surface area contributed by atoms with Crippen LogP contribution in [0.1, 0.15) is 38.3 Å². The zero-order chi connectivity index (χ0) is 20.3. The summed E-state index contributed by atoms with van der Waals surface area (Å²) in [5, 5.41) is 1.57. The van der Waals surface area contributed by atoms with E-state index in [4.69, 9.17) is 16.0 Å². The van der Waals surface area contributed by atoms with Crippen LogP contribution < -0.4 is 10.3 Å². The molecule has 0 saturated heterocycles. The van der Waals surface area contributed by atoms with Crippen LogP contribution in [0.5, 0.6) is 0 Å². The molecule has 0 fully saturated rings. The third-order valence-electron chi connectivity index (χ3n) is 5.19. The minimum Gasteiger partial charge on any atom is -0.450 e. The van der Waals surface area contributed by atoms with Crippen LogP contribution in [0.2, 0.25) is 5.02 Å². The number of aromatic nitrogens is 1. The number of para-hydroxylation sites is 1. The van der Waals surface area contributed by atoms with E-state index >= 15 is 0 Å². The topological polar surface area (TPSA) is 63.4 Å². The van der Waals surface area contributed by atoms with Crippen LogP contribution in [0.4, 0.5) is 5.13 Å². The Morgan fingerprint density at radius 1 is 1.07 bits per heavy atom. The molecule has 7 heteroatoms. The van der Waals surface area contributed by atoms with E-state index in [1.165, 1.54) is 11.3 Å². The molecule has 1 atom stereocenters. The number of fused-ring (bicyclic) bond motifs is 2. The second-order valence-electron chi connectivity index (χ2n) is 6.94. The predicted molar refractivity (Wildman–Crippen MR) is 114 cm³/mol. The monoisotopic (exact) mass is 422 g/mol. The molecule has 0 radical (unpaired) electrons. The SMILES string of the molecule is Cc1nc(N2C(=O)c3oc4ccccc4c(=O)c3C2c2ccc(Cl)cc2)sc1C. The van der Waals surface area contributed by atoms with Crippen molar-refractivity contribution in [2.45, 2.75) is 19.9 Å². The second-order valence-corrected chi connectivity index (χ2v) is 8.56. The van der Waals surface area contributed by atoms with Gasteiger partial charge in [0.1, 0.15) is 5.58 Å². The standard InChI is InChI=1S/C22H15ClN2O3S/c1-11-12(2)29-22(24-11)25-18(13-7-9-14(23)10-8-13)17-19(26)15-5-3-4-6-16(15)28-20(17)21(25)27/h3-10,18H,1-2H3. The summed E-state index contributed by atoms with van der Waals surface area (Å²) in [5.74, 6) is -0.296. The van der Waals surface area contributed by atoms with Crippen molar-refractivity contribution < 1.29 is 9.21 Å². The number of anilines is 1. The molecule has 0 spiro atoms. The molecular formula is C22H15ClN2O3S. The number of rotatable bonds is 2. The first kappa shape index (κ1) is 18.1. The third kappa shape index (κ3) is 2.71. The Bertz CT molecular complexity index is 1320. The number of hydrogen-bond donors (Lipinski definition) is 0. The van der Waals surface area contributed by atoms with Gasteiger partial charge in [0.25, 0.3) is 5.91 Å². The molecule has 0 saturated carbocycles. The van der Waals surface area contributed by atoms with Crippen LogP contribution in [-0.2, 0) is 0 Å². The highest BCUT2D eigenvalue weighted by molar-refractivity contribution is 7.15. The van der Waals surface area contributed by atoms with Crippen molar-refractivity contribution in [2.24, 2.45) is 0 Å². The van der Waals surface area contributed by atoms with E-state index in [0.717, 1.165) is 16.1 Å². The van der Waals surface area contributed by atoms with Gasteiger partial charge >= 0.3 is 0 Å². The summed E-state index contributed by atoms with van der Waals surface area (Å²) in [6, 6.07) is 13.5. The van der Waals surface area contributed by atoms with E-state index in [-0.39, 0.29) is 17.1 Å². The second kappa shape index (κ2) is 6.54. The zero-order valence-corrected chi connectivity index (χ0v) is 17.2. The average molecular weight is 423 g/mol. The molecule has 1 amide bonds. The molecule has 1 aliphatic heterocycles. The van der Waals surface area contributed by atoms with Gasteiger partial charge in [0, 0.05) is 9.90 Å². The molecule has 5 nitrogen and oxygen atoms in total. The largest absolute Gasteiger partial charge is 0.450 e. The van der Waals surface area contributed by atoms with E-state index < -0.39 is 6.04 Å². The molecule has 0 N–H and O–H groups in total. The lowest BCUT2D eigenvalue weighted by molar-refractivity contribution is 0.0971. The Balaban J connectivity index is 1.82. The van der Waals surface area contributed by atoms with Gasteiger partial charge in [-0.3, -0.25) is 14.5 Å². The number of aryl methyl sites for hydroxylation is 2. The lowest BCUT2D eigenvalue weighted by atomic mass is 9.99. The summed E-state index contributed by atoms with van der Waals surface area (Å²) in [7, 11) is 0. The minimum absolute atomic E-state index is 0.0687. The van der Waals surface area contributed by atoms with Crippen molar-refractivity contribution >= 4 is 44.9 Å². The molecule has 0 aliphatic carbocycles. The quantitative estimate of drug-likeness (QED) is 0.441. The molecule has 2 aromatic heterocycles. The Labute approximate surface area is 175 Å². The maximum atomic E-state index is 13.4. The maximum Gasteiger partial charge on any atom is 0.297 e. The summed E-state index contributed by atoms with van der Waals surface area (Å²) in [5.41, 5.74) is 2.15. The van der Waals surface area contributed by atoms with E-state index in [2.05, 4.69) is 4.98 Å². The Hall–Kier alpha value is -2.96. The number of carbonyl (C=O) groups excluding carboxylic acids is 1. The Kier molecular flexibility index (Phi) is 4.08. The van der Waals surface area contributed by atoms with Gasteiger partial charge < -0.3 is 4.42 Å². The van der Waals surface area contributed by atoms with Crippen molar-refractivity contribution in [3.63, 3.8) is 0 Å². The molecular weight excluding hydrogens is 408 g/mol. The fourth-order valence-electron chi connectivity index (χ4n) is 3.64. The van der Waals surface area contributed by atoms with Gasteiger partial charge in [0.15, 0.2) is 10.6 Å². The number of nitrogens with zero attached hydrogens (tertiary/aromatic N) is 2. The van der Waals surface area contributed by atoms with Crippen molar-refractivity contribution in [3.8, 4) is 0 Å². The maximum absolute atomic E-state index is 13.4. The summed E-state index contributed by atoms with van der Waals surface area (Å²) in [4.78, 5) is 33.9. The van der Waals surface area contributed by atoms with Crippen LogP contribution in [-0.4, -0.2) is 10.9 Å². The molecule has 1 unspecified atom stereocenters.